The predicted octanol–water partition coefficient (Wildman–Crippen LogP) is 3.02. The summed E-state index contributed by atoms with van der Waals surface area (Å²) in [5, 5.41) is 6.45. The number of guanidine groups is 1. The molecule has 0 saturated heterocycles. The van der Waals surface area contributed by atoms with E-state index in [0.29, 0.717) is 13.1 Å². The largest absolute Gasteiger partial charge is 0.468 e. The summed E-state index contributed by atoms with van der Waals surface area (Å²) < 4.78 is 5.59. The molecular formula is C16H29IN4O. The minimum absolute atomic E-state index is 0. The molecule has 0 bridgehead atoms. The summed E-state index contributed by atoms with van der Waals surface area (Å²) in [5.74, 6) is 1.77. The number of likely N-dealkylation sites (N-methyl/N-ethyl adjacent to an activating group) is 1. The fraction of sp³-hybridized carbons (Fsp3) is 0.562. The molecule has 0 spiro atoms. The second-order valence-corrected chi connectivity index (χ2v) is 4.64. The Kier molecular flexibility index (Phi) is 11.9. The first kappa shape index (κ1) is 21.0. The first-order valence-electron chi connectivity index (χ1n) is 7.67. The molecule has 0 aliphatic rings. The summed E-state index contributed by atoms with van der Waals surface area (Å²) in [6.07, 6.45) is 3.54. The highest BCUT2D eigenvalue weighted by Crippen LogP contribution is 2.21. The molecule has 0 amide bonds. The molecule has 0 aromatic carbocycles. The van der Waals surface area contributed by atoms with Crippen molar-refractivity contribution in [2.24, 2.45) is 4.99 Å². The summed E-state index contributed by atoms with van der Waals surface area (Å²) >= 11 is 0. The summed E-state index contributed by atoms with van der Waals surface area (Å²) in [5.41, 5.74) is 0. The van der Waals surface area contributed by atoms with Gasteiger partial charge in [0.15, 0.2) is 5.96 Å². The Labute approximate surface area is 151 Å². The minimum atomic E-state index is 0. The van der Waals surface area contributed by atoms with Crippen LogP contribution in [0, 0.1) is 0 Å². The van der Waals surface area contributed by atoms with Gasteiger partial charge in [-0.15, -0.1) is 30.6 Å². The van der Waals surface area contributed by atoms with E-state index < -0.39 is 0 Å². The van der Waals surface area contributed by atoms with Crippen LogP contribution in [-0.4, -0.2) is 43.6 Å². The third kappa shape index (κ3) is 6.83. The lowest BCUT2D eigenvalue weighted by Gasteiger charge is -2.27. The number of nitrogens with zero attached hydrogens (tertiary/aromatic N) is 2. The van der Waals surface area contributed by atoms with E-state index in [1.54, 1.807) is 6.26 Å². The normalized spacial score (nSPS) is 12.6. The van der Waals surface area contributed by atoms with Crippen molar-refractivity contribution in [3.05, 3.63) is 36.8 Å². The van der Waals surface area contributed by atoms with Crippen LogP contribution in [-0.2, 0) is 0 Å². The Bertz CT molecular complexity index is 416. The molecule has 0 fully saturated rings. The van der Waals surface area contributed by atoms with Gasteiger partial charge in [0.05, 0.1) is 18.8 Å². The van der Waals surface area contributed by atoms with Crippen molar-refractivity contribution < 1.29 is 4.42 Å². The molecule has 5 nitrogen and oxygen atoms in total. The molecule has 1 rings (SSSR count). The monoisotopic (exact) mass is 420 g/mol. The molecule has 6 heteroatoms. The number of nitrogens with one attached hydrogen (secondary N) is 2. The quantitative estimate of drug-likeness (QED) is 0.279. The number of halogens is 1. The van der Waals surface area contributed by atoms with Gasteiger partial charge in [-0.25, -0.2) is 0 Å². The number of hydrogen-bond acceptors (Lipinski definition) is 3. The summed E-state index contributed by atoms with van der Waals surface area (Å²) in [7, 11) is 0. The van der Waals surface area contributed by atoms with Crippen LogP contribution in [0.2, 0.25) is 0 Å². The number of aliphatic imine (C=N–C) groups is 1. The van der Waals surface area contributed by atoms with Crippen molar-refractivity contribution >= 4 is 29.9 Å². The molecule has 0 saturated carbocycles. The van der Waals surface area contributed by atoms with Gasteiger partial charge in [0, 0.05) is 13.1 Å². The van der Waals surface area contributed by atoms with Gasteiger partial charge in [0.25, 0.3) is 0 Å². The van der Waals surface area contributed by atoms with Gasteiger partial charge in [0.1, 0.15) is 5.76 Å². The molecule has 0 radical (unpaired) electrons. The molecule has 22 heavy (non-hydrogen) atoms. The minimum Gasteiger partial charge on any atom is -0.468 e. The molecule has 1 aromatic rings. The van der Waals surface area contributed by atoms with E-state index in [9.17, 15) is 0 Å². The van der Waals surface area contributed by atoms with Crippen molar-refractivity contribution in [3.63, 3.8) is 0 Å². The van der Waals surface area contributed by atoms with Crippen LogP contribution in [0.5, 0.6) is 0 Å². The van der Waals surface area contributed by atoms with Crippen molar-refractivity contribution in [2.75, 3.05) is 32.7 Å². The zero-order valence-electron chi connectivity index (χ0n) is 13.8. The molecule has 1 aromatic heterocycles. The first-order chi connectivity index (χ1) is 10.3. The van der Waals surface area contributed by atoms with Crippen molar-refractivity contribution in [3.8, 4) is 0 Å². The molecule has 2 N–H and O–H groups in total. The highest BCUT2D eigenvalue weighted by molar-refractivity contribution is 14.0. The van der Waals surface area contributed by atoms with Gasteiger partial charge in [-0.3, -0.25) is 9.89 Å². The van der Waals surface area contributed by atoms with E-state index in [1.165, 1.54) is 0 Å². The summed E-state index contributed by atoms with van der Waals surface area (Å²) in [4.78, 5) is 7.02. The van der Waals surface area contributed by atoms with Crippen LogP contribution in [0.3, 0.4) is 0 Å². The summed E-state index contributed by atoms with van der Waals surface area (Å²) in [6, 6.07) is 4.11. The lowest BCUT2D eigenvalue weighted by molar-refractivity contribution is 0.198. The second kappa shape index (κ2) is 12.5. The van der Waals surface area contributed by atoms with Crippen LogP contribution in [0.25, 0.3) is 0 Å². The van der Waals surface area contributed by atoms with Gasteiger partial charge in [-0.1, -0.05) is 19.9 Å². The van der Waals surface area contributed by atoms with Gasteiger partial charge >= 0.3 is 0 Å². The predicted molar refractivity (Wildman–Crippen MR) is 104 cm³/mol. The molecule has 126 valence electrons. The number of furan rings is 1. The maximum atomic E-state index is 5.59. The van der Waals surface area contributed by atoms with Crippen LogP contribution in [0.1, 0.15) is 32.6 Å². The van der Waals surface area contributed by atoms with Crippen LogP contribution >= 0.6 is 24.0 Å². The second-order valence-electron chi connectivity index (χ2n) is 4.64. The highest BCUT2D eigenvalue weighted by atomic mass is 127. The Balaban J connectivity index is 0.00000441. The van der Waals surface area contributed by atoms with Gasteiger partial charge in [-0.05, 0) is 32.1 Å². The van der Waals surface area contributed by atoms with Gasteiger partial charge in [-0.2, -0.15) is 0 Å². The third-order valence-corrected chi connectivity index (χ3v) is 3.31. The fourth-order valence-electron chi connectivity index (χ4n) is 2.22. The van der Waals surface area contributed by atoms with Crippen molar-refractivity contribution in [1.29, 1.82) is 0 Å². The standard InChI is InChI=1S/C16H28N4O.HI/c1-5-11-18-16(17-6-2)19-13-14(20(7-3)8-4)15-10-9-12-21-15;/h5,9-10,12,14H,1,6-8,11,13H2,2-4H3,(H2,17,18,19);1H. The third-order valence-electron chi connectivity index (χ3n) is 3.31. The molecule has 0 aliphatic heterocycles. The van der Waals surface area contributed by atoms with Crippen LogP contribution in [0.4, 0.5) is 0 Å². The van der Waals surface area contributed by atoms with E-state index in [2.05, 4.69) is 47.9 Å². The molecule has 1 heterocycles. The number of rotatable bonds is 9. The Morgan fingerprint density at radius 2 is 2.09 bits per heavy atom. The fourth-order valence-corrected chi connectivity index (χ4v) is 2.22. The lowest BCUT2D eigenvalue weighted by atomic mass is 10.2. The molecule has 1 unspecified atom stereocenters. The average molecular weight is 420 g/mol. The van der Waals surface area contributed by atoms with E-state index in [4.69, 9.17) is 4.42 Å². The molecular weight excluding hydrogens is 391 g/mol. The molecule has 1 atom stereocenters. The Morgan fingerprint density at radius 3 is 2.59 bits per heavy atom. The van der Waals surface area contributed by atoms with Crippen molar-refractivity contribution in [1.82, 2.24) is 15.5 Å². The van der Waals surface area contributed by atoms with E-state index >= 15 is 0 Å². The van der Waals surface area contributed by atoms with Gasteiger partial charge in [0.2, 0.25) is 0 Å². The summed E-state index contributed by atoms with van der Waals surface area (Å²) in [6.45, 7) is 14.2. The van der Waals surface area contributed by atoms with Crippen LogP contribution < -0.4 is 10.6 Å². The zero-order valence-corrected chi connectivity index (χ0v) is 16.2. The number of hydrogen-bond donors (Lipinski definition) is 2. The van der Waals surface area contributed by atoms with Crippen LogP contribution in [0.15, 0.2) is 40.5 Å². The highest BCUT2D eigenvalue weighted by Gasteiger charge is 2.20. The van der Waals surface area contributed by atoms with Gasteiger partial charge < -0.3 is 15.1 Å². The zero-order chi connectivity index (χ0) is 15.5. The van der Waals surface area contributed by atoms with E-state index in [-0.39, 0.29) is 30.0 Å². The topological polar surface area (TPSA) is 52.8 Å². The lowest BCUT2D eigenvalue weighted by Crippen LogP contribution is -2.38. The van der Waals surface area contributed by atoms with E-state index in [0.717, 1.165) is 31.4 Å². The average Bonchev–Trinajstić information content (AvgIpc) is 3.02. The van der Waals surface area contributed by atoms with Crippen molar-refractivity contribution in [2.45, 2.75) is 26.8 Å². The smallest absolute Gasteiger partial charge is 0.191 e. The Morgan fingerprint density at radius 1 is 1.36 bits per heavy atom. The molecule has 0 aliphatic carbocycles. The first-order valence-corrected chi connectivity index (χ1v) is 7.67. The maximum Gasteiger partial charge on any atom is 0.191 e. The van der Waals surface area contributed by atoms with E-state index in [1.807, 2.05) is 18.2 Å². The maximum absolute atomic E-state index is 5.59. The SMILES string of the molecule is C=CCNC(=NCC(c1ccco1)N(CC)CC)NCC.I. The Hall–Kier alpha value is -1.02.